The van der Waals surface area contributed by atoms with Crippen LogP contribution < -0.4 is 0 Å². The first-order chi connectivity index (χ1) is 12.6. The van der Waals surface area contributed by atoms with E-state index in [0.717, 1.165) is 22.6 Å². The summed E-state index contributed by atoms with van der Waals surface area (Å²) in [6, 6.07) is 9.85. The molecule has 132 valence electrons. The van der Waals surface area contributed by atoms with Crippen molar-refractivity contribution in [2.45, 2.75) is 39.4 Å². The van der Waals surface area contributed by atoms with Crippen molar-refractivity contribution in [2.24, 2.45) is 0 Å². The van der Waals surface area contributed by atoms with Gasteiger partial charge in [0.25, 0.3) is 5.91 Å². The summed E-state index contributed by atoms with van der Waals surface area (Å²) < 4.78 is 3.94. The van der Waals surface area contributed by atoms with Crippen LogP contribution in [0.25, 0.3) is 10.9 Å². The highest BCUT2D eigenvalue weighted by Gasteiger charge is 2.27. The molecule has 4 rings (SSSR count). The molecule has 1 aromatic carbocycles. The highest BCUT2D eigenvalue weighted by Crippen LogP contribution is 2.25. The highest BCUT2D eigenvalue weighted by molar-refractivity contribution is 6.07. The number of para-hydroxylation sites is 1. The van der Waals surface area contributed by atoms with E-state index in [4.69, 9.17) is 5.26 Å². The van der Waals surface area contributed by atoms with Crippen LogP contribution in [0.1, 0.15) is 41.8 Å². The Morgan fingerprint density at radius 2 is 2.08 bits per heavy atom. The maximum Gasteiger partial charge on any atom is 0.256 e. The molecule has 0 saturated carbocycles. The number of rotatable bonds is 3. The molecule has 0 saturated heterocycles. The molecule has 0 spiro atoms. The van der Waals surface area contributed by atoms with Crippen LogP contribution in [0.5, 0.6) is 0 Å². The number of amides is 1. The Morgan fingerprint density at radius 3 is 2.85 bits per heavy atom. The van der Waals surface area contributed by atoms with Gasteiger partial charge in [0.2, 0.25) is 0 Å². The molecule has 1 aliphatic rings. The Bertz CT molecular complexity index is 1020. The molecule has 0 bridgehead atoms. The Morgan fingerprint density at radius 1 is 1.27 bits per heavy atom. The Balaban J connectivity index is 1.67. The number of aromatic nitrogens is 4. The average Bonchev–Trinajstić information content (AvgIpc) is 3.23. The fraction of sp³-hybridized carbons (Fsp3) is 0.368. The van der Waals surface area contributed by atoms with Gasteiger partial charge < -0.3 is 14.0 Å². The lowest BCUT2D eigenvalue weighted by atomic mass is 10.1. The van der Waals surface area contributed by atoms with Crippen LogP contribution in [0.4, 0.5) is 0 Å². The first-order valence-corrected chi connectivity index (χ1v) is 8.76. The molecule has 0 atom stereocenters. The molecule has 3 aromatic rings. The van der Waals surface area contributed by atoms with Crippen molar-refractivity contribution in [3.05, 3.63) is 47.7 Å². The topological polar surface area (TPSA) is 79.7 Å². The highest BCUT2D eigenvalue weighted by atomic mass is 16.2. The third-order valence-corrected chi connectivity index (χ3v) is 4.85. The van der Waals surface area contributed by atoms with E-state index in [1.165, 1.54) is 0 Å². The first kappa shape index (κ1) is 16.3. The minimum atomic E-state index is -0.0294. The molecule has 0 N–H and O–H groups in total. The van der Waals surface area contributed by atoms with Gasteiger partial charge in [-0.05, 0) is 6.07 Å². The van der Waals surface area contributed by atoms with Crippen LogP contribution in [0.3, 0.4) is 0 Å². The van der Waals surface area contributed by atoms with E-state index < -0.39 is 0 Å². The van der Waals surface area contributed by atoms with E-state index in [1.54, 1.807) is 6.20 Å². The lowest BCUT2D eigenvalue weighted by Crippen LogP contribution is -2.38. The van der Waals surface area contributed by atoms with E-state index in [9.17, 15) is 4.79 Å². The van der Waals surface area contributed by atoms with Gasteiger partial charge in [0.1, 0.15) is 12.4 Å². The van der Waals surface area contributed by atoms with E-state index in [-0.39, 0.29) is 12.5 Å². The second-order valence-electron chi connectivity index (χ2n) is 6.85. The zero-order valence-electron chi connectivity index (χ0n) is 14.9. The van der Waals surface area contributed by atoms with E-state index in [2.05, 4.69) is 34.7 Å². The molecule has 0 aliphatic carbocycles. The number of carbonyl (C=O) groups is 1. The van der Waals surface area contributed by atoms with Crippen LogP contribution in [-0.2, 0) is 19.6 Å². The molecule has 7 heteroatoms. The Kier molecular flexibility index (Phi) is 3.96. The van der Waals surface area contributed by atoms with Crippen molar-refractivity contribution >= 4 is 16.8 Å². The van der Waals surface area contributed by atoms with E-state index in [1.807, 2.05) is 33.7 Å². The van der Waals surface area contributed by atoms with Crippen LogP contribution in [0, 0.1) is 11.3 Å². The van der Waals surface area contributed by atoms with Gasteiger partial charge in [-0.3, -0.25) is 4.79 Å². The summed E-state index contributed by atoms with van der Waals surface area (Å²) in [5.74, 6) is 2.08. The van der Waals surface area contributed by atoms with E-state index >= 15 is 0 Å². The van der Waals surface area contributed by atoms with Gasteiger partial charge in [0.15, 0.2) is 5.82 Å². The second-order valence-corrected chi connectivity index (χ2v) is 6.85. The fourth-order valence-electron chi connectivity index (χ4n) is 3.58. The van der Waals surface area contributed by atoms with Gasteiger partial charge in [-0.25, -0.2) is 0 Å². The zero-order valence-corrected chi connectivity index (χ0v) is 14.9. The Labute approximate surface area is 151 Å². The predicted octanol–water partition coefficient (Wildman–Crippen LogP) is 2.54. The van der Waals surface area contributed by atoms with Crippen molar-refractivity contribution < 1.29 is 4.79 Å². The number of hydrogen-bond acceptors (Lipinski definition) is 4. The van der Waals surface area contributed by atoms with Crippen LogP contribution in [0.2, 0.25) is 0 Å². The molecule has 26 heavy (non-hydrogen) atoms. The maximum absolute atomic E-state index is 13.2. The van der Waals surface area contributed by atoms with Crippen molar-refractivity contribution in [1.82, 2.24) is 24.2 Å². The van der Waals surface area contributed by atoms with Gasteiger partial charge in [-0.1, -0.05) is 32.0 Å². The summed E-state index contributed by atoms with van der Waals surface area (Å²) in [6.45, 7) is 6.20. The van der Waals surface area contributed by atoms with Crippen LogP contribution in [0.15, 0.2) is 30.5 Å². The van der Waals surface area contributed by atoms with Crippen LogP contribution >= 0.6 is 0 Å². The minimum Gasteiger partial charge on any atom is -0.333 e. The lowest BCUT2D eigenvalue weighted by molar-refractivity contribution is 0.0708. The summed E-state index contributed by atoms with van der Waals surface area (Å²) in [5, 5.41) is 18.5. The van der Waals surface area contributed by atoms with Gasteiger partial charge in [-0.15, -0.1) is 10.2 Å². The SMILES string of the molecule is CC(C)c1nnc2n1CCN(C(=O)c1cn(CC#N)c3ccccc13)C2. The number of benzene rings is 1. The molecule has 0 fully saturated rings. The maximum atomic E-state index is 13.2. The van der Waals surface area contributed by atoms with Crippen molar-refractivity contribution in [2.75, 3.05) is 6.54 Å². The molecular formula is C19H20N6O. The average molecular weight is 348 g/mol. The molecule has 0 radical (unpaired) electrons. The standard InChI is InChI=1S/C19H20N6O/c1-13(2)18-22-21-17-12-24(9-10-25(17)18)19(26)15-11-23(8-7-20)16-6-4-3-5-14(15)16/h3-6,11,13H,8-10,12H2,1-2H3. The van der Waals surface area contributed by atoms with Crippen molar-refractivity contribution in [1.29, 1.82) is 5.26 Å². The van der Waals surface area contributed by atoms with E-state index in [0.29, 0.717) is 31.1 Å². The van der Waals surface area contributed by atoms with Crippen LogP contribution in [-0.4, -0.2) is 36.7 Å². The molecule has 2 aromatic heterocycles. The molecule has 0 unspecified atom stereocenters. The van der Waals surface area contributed by atoms with Gasteiger partial charge in [-0.2, -0.15) is 5.26 Å². The predicted molar refractivity (Wildman–Crippen MR) is 96.4 cm³/mol. The lowest BCUT2D eigenvalue weighted by Gasteiger charge is -2.28. The normalized spacial score (nSPS) is 13.8. The number of nitriles is 1. The van der Waals surface area contributed by atoms with Gasteiger partial charge >= 0.3 is 0 Å². The molecule has 1 aliphatic heterocycles. The number of nitrogens with zero attached hydrogens (tertiary/aromatic N) is 6. The van der Waals surface area contributed by atoms with Gasteiger partial charge in [0.05, 0.1) is 18.2 Å². The molecular weight excluding hydrogens is 328 g/mol. The monoisotopic (exact) mass is 348 g/mol. The second kappa shape index (κ2) is 6.30. The smallest absolute Gasteiger partial charge is 0.256 e. The largest absolute Gasteiger partial charge is 0.333 e. The summed E-state index contributed by atoms with van der Waals surface area (Å²) in [7, 11) is 0. The Hall–Kier alpha value is -3.14. The summed E-state index contributed by atoms with van der Waals surface area (Å²) >= 11 is 0. The van der Waals surface area contributed by atoms with Crippen molar-refractivity contribution in [3.63, 3.8) is 0 Å². The molecule has 3 heterocycles. The summed E-state index contributed by atoms with van der Waals surface area (Å²) in [4.78, 5) is 15.0. The zero-order chi connectivity index (χ0) is 18.3. The summed E-state index contributed by atoms with van der Waals surface area (Å²) in [6.07, 6.45) is 1.79. The third kappa shape index (κ3) is 2.54. The number of carbonyl (C=O) groups excluding carboxylic acids is 1. The van der Waals surface area contributed by atoms with Crippen molar-refractivity contribution in [3.8, 4) is 6.07 Å². The molecule has 7 nitrogen and oxygen atoms in total. The number of fused-ring (bicyclic) bond motifs is 2. The van der Waals surface area contributed by atoms with Gasteiger partial charge in [0, 0.05) is 36.1 Å². The molecule has 1 amide bonds. The summed E-state index contributed by atoms with van der Waals surface area (Å²) in [5.41, 5.74) is 1.53. The first-order valence-electron chi connectivity index (χ1n) is 8.76. The third-order valence-electron chi connectivity index (χ3n) is 4.85. The fourth-order valence-corrected chi connectivity index (χ4v) is 3.58. The number of hydrogen-bond donors (Lipinski definition) is 0. The quantitative estimate of drug-likeness (QED) is 0.728. The minimum absolute atomic E-state index is 0.0294.